The van der Waals surface area contributed by atoms with E-state index in [9.17, 15) is 9.59 Å². The minimum absolute atomic E-state index is 0.0493. The van der Waals surface area contributed by atoms with Crippen LogP contribution in [0.2, 0.25) is 5.02 Å². The van der Waals surface area contributed by atoms with Crippen LogP contribution in [-0.4, -0.2) is 42.9 Å². The molecule has 0 spiro atoms. The summed E-state index contributed by atoms with van der Waals surface area (Å²) in [6, 6.07) is 14.6. The largest absolute Gasteiger partial charge is 0.460 e. The quantitative estimate of drug-likeness (QED) is 0.618. The summed E-state index contributed by atoms with van der Waals surface area (Å²) in [6.45, 7) is 9.34. The molecule has 164 valence electrons. The number of esters is 1. The molecule has 3 rings (SSSR count). The summed E-state index contributed by atoms with van der Waals surface area (Å²) in [5.41, 5.74) is 1.17. The number of hydrogen-bond acceptors (Lipinski definition) is 5. The molecule has 1 atom stereocenters. The van der Waals surface area contributed by atoms with Crippen LogP contribution in [0.15, 0.2) is 53.5 Å². The van der Waals surface area contributed by atoms with Crippen LogP contribution in [0.4, 0.5) is 5.69 Å². The second kappa shape index (κ2) is 9.52. The fraction of sp³-hybridized carbons (Fsp3) is 0.375. The van der Waals surface area contributed by atoms with Crippen LogP contribution in [0, 0.1) is 5.92 Å². The molecule has 1 aliphatic rings. The fourth-order valence-electron chi connectivity index (χ4n) is 3.38. The molecule has 0 aliphatic carbocycles. The molecule has 6 nitrogen and oxygen atoms in total. The summed E-state index contributed by atoms with van der Waals surface area (Å²) in [4.78, 5) is 31.6. The van der Waals surface area contributed by atoms with Gasteiger partial charge in [0.1, 0.15) is 18.0 Å². The number of carbonyl (C=O) groups is 2. The molecule has 0 bridgehead atoms. The molecule has 31 heavy (non-hydrogen) atoms. The van der Waals surface area contributed by atoms with Crippen LogP contribution in [0.1, 0.15) is 43.6 Å². The first-order valence-electron chi connectivity index (χ1n) is 10.4. The van der Waals surface area contributed by atoms with Crippen LogP contribution >= 0.6 is 11.6 Å². The number of halogens is 1. The van der Waals surface area contributed by atoms with Crippen molar-refractivity contribution in [2.24, 2.45) is 10.9 Å². The van der Waals surface area contributed by atoms with Crippen molar-refractivity contribution in [1.82, 2.24) is 5.32 Å². The molecule has 0 fully saturated rings. The molecule has 1 amide bonds. The van der Waals surface area contributed by atoms with Gasteiger partial charge < -0.3 is 15.0 Å². The molecule has 7 heteroatoms. The van der Waals surface area contributed by atoms with E-state index in [2.05, 4.69) is 15.2 Å². The van der Waals surface area contributed by atoms with Crippen LogP contribution in [0.3, 0.4) is 0 Å². The van der Waals surface area contributed by atoms with Crippen molar-refractivity contribution in [3.63, 3.8) is 0 Å². The van der Waals surface area contributed by atoms with E-state index in [-0.39, 0.29) is 18.4 Å². The molecule has 1 unspecified atom stereocenters. The number of anilines is 1. The standard InChI is InChI=1S/C24H28ClN3O3/c1-5-28(18-12-10-17(25)11-13-18)14-15-31-22(29)20-9-7-6-8-19(20)21-26-23(30)24(4,27-21)16(2)3/h6-13,16H,5,14-15H2,1-4H3,(H,26,27,30). The van der Waals surface area contributed by atoms with Crippen molar-refractivity contribution in [3.8, 4) is 0 Å². The number of benzene rings is 2. The maximum Gasteiger partial charge on any atom is 0.338 e. The summed E-state index contributed by atoms with van der Waals surface area (Å²) in [7, 11) is 0. The minimum atomic E-state index is -0.785. The molecule has 0 saturated heterocycles. The van der Waals surface area contributed by atoms with Crippen molar-refractivity contribution in [2.75, 3.05) is 24.6 Å². The second-order valence-corrected chi connectivity index (χ2v) is 8.42. The number of carbonyl (C=O) groups excluding carboxylic acids is 2. The Labute approximate surface area is 188 Å². The molecule has 1 aliphatic heterocycles. The summed E-state index contributed by atoms with van der Waals surface area (Å²) >= 11 is 5.96. The van der Waals surface area contributed by atoms with Gasteiger partial charge in [-0.15, -0.1) is 0 Å². The first kappa shape index (κ1) is 22.8. The van der Waals surface area contributed by atoms with Gasteiger partial charge in [0.25, 0.3) is 5.91 Å². The highest BCUT2D eigenvalue weighted by molar-refractivity contribution is 6.30. The zero-order valence-corrected chi connectivity index (χ0v) is 19.1. The highest BCUT2D eigenvalue weighted by atomic mass is 35.5. The van der Waals surface area contributed by atoms with Gasteiger partial charge >= 0.3 is 5.97 Å². The van der Waals surface area contributed by atoms with E-state index >= 15 is 0 Å². The Kier molecular flexibility index (Phi) is 7.01. The van der Waals surface area contributed by atoms with Crippen molar-refractivity contribution < 1.29 is 14.3 Å². The van der Waals surface area contributed by atoms with Gasteiger partial charge in [-0.1, -0.05) is 43.6 Å². The zero-order chi connectivity index (χ0) is 22.6. The summed E-state index contributed by atoms with van der Waals surface area (Å²) < 4.78 is 5.56. The van der Waals surface area contributed by atoms with Gasteiger partial charge in [-0.05, 0) is 50.1 Å². The highest BCUT2D eigenvalue weighted by Crippen LogP contribution is 2.25. The van der Waals surface area contributed by atoms with Gasteiger partial charge in [0.05, 0.1) is 12.1 Å². The number of ether oxygens (including phenoxy) is 1. The van der Waals surface area contributed by atoms with E-state index < -0.39 is 11.5 Å². The molecule has 2 aromatic rings. The van der Waals surface area contributed by atoms with Crippen LogP contribution in [-0.2, 0) is 9.53 Å². The van der Waals surface area contributed by atoms with Gasteiger partial charge in [-0.3, -0.25) is 4.79 Å². The Bertz CT molecular complexity index is 988. The highest BCUT2D eigenvalue weighted by Gasteiger charge is 2.42. The van der Waals surface area contributed by atoms with E-state index in [1.165, 1.54) is 0 Å². The summed E-state index contributed by atoms with van der Waals surface area (Å²) in [5.74, 6) is -0.224. The Morgan fingerprint density at radius 2 is 1.87 bits per heavy atom. The molecule has 0 aromatic heterocycles. The maximum atomic E-state index is 12.8. The molecule has 0 saturated carbocycles. The number of amides is 1. The Morgan fingerprint density at radius 3 is 2.48 bits per heavy atom. The third-order valence-corrected chi connectivity index (χ3v) is 6.01. The normalized spacial score (nSPS) is 18.0. The number of amidine groups is 1. The number of likely N-dealkylation sites (N-methyl/N-ethyl adjacent to an activating group) is 1. The maximum absolute atomic E-state index is 12.8. The van der Waals surface area contributed by atoms with Gasteiger partial charge in [-0.25, -0.2) is 4.79 Å². The smallest absolute Gasteiger partial charge is 0.338 e. The van der Waals surface area contributed by atoms with Crippen molar-refractivity contribution in [2.45, 2.75) is 33.2 Å². The molecule has 1 N–H and O–H groups in total. The van der Waals surface area contributed by atoms with E-state index in [4.69, 9.17) is 16.3 Å². The number of aliphatic imine (C=N–C) groups is 1. The first-order chi connectivity index (χ1) is 14.8. The topological polar surface area (TPSA) is 71.0 Å². The average Bonchev–Trinajstić information content (AvgIpc) is 3.07. The lowest BCUT2D eigenvalue weighted by Crippen LogP contribution is -2.50. The predicted octanol–water partition coefficient (Wildman–Crippen LogP) is 4.31. The van der Waals surface area contributed by atoms with Crippen LogP contribution in [0.25, 0.3) is 0 Å². The number of nitrogens with one attached hydrogen (secondary N) is 1. The Hall–Kier alpha value is -2.86. The third-order valence-electron chi connectivity index (χ3n) is 5.76. The lowest BCUT2D eigenvalue weighted by molar-refractivity contribution is -0.123. The van der Waals surface area contributed by atoms with E-state index in [0.717, 1.165) is 12.2 Å². The monoisotopic (exact) mass is 441 g/mol. The second-order valence-electron chi connectivity index (χ2n) is 7.99. The van der Waals surface area contributed by atoms with Crippen LogP contribution < -0.4 is 10.2 Å². The van der Waals surface area contributed by atoms with E-state index in [1.807, 2.05) is 58.0 Å². The summed E-state index contributed by atoms with van der Waals surface area (Å²) in [6.07, 6.45) is 0. The van der Waals surface area contributed by atoms with Crippen LogP contribution in [0.5, 0.6) is 0 Å². The molecular weight excluding hydrogens is 414 g/mol. The molecule has 2 aromatic carbocycles. The van der Waals surface area contributed by atoms with Crippen molar-refractivity contribution >= 4 is 35.0 Å². The average molecular weight is 442 g/mol. The zero-order valence-electron chi connectivity index (χ0n) is 18.3. The number of nitrogens with zero attached hydrogens (tertiary/aromatic N) is 2. The van der Waals surface area contributed by atoms with Crippen molar-refractivity contribution in [3.05, 3.63) is 64.7 Å². The summed E-state index contributed by atoms with van der Waals surface area (Å²) in [5, 5.41) is 3.89. The molecule has 0 radical (unpaired) electrons. The third kappa shape index (κ3) is 4.90. The van der Waals surface area contributed by atoms with E-state index in [0.29, 0.717) is 28.5 Å². The fourth-order valence-corrected chi connectivity index (χ4v) is 3.51. The van der Waals surface area contributed by atoms with Gasteiger partial charge in [-0.2, -0.15) is 4.99 Å². The molecular formula is C24H28ClN3O3. The Balaban J connectivity index is 1.69. The van der Waals surface area contributed by atoms with Gasteiger partial charge in [0, 0.05) is 22.8 Å². The predicted molar refractivity (Wildman–Crippen MR) is 124 cm³/mol. The lowest BCUT2D eigenvalue weighted by Gasteiger charge is -2.27. The molecule has 1 heterocycles. The van der Waals surface area contributed by atoms with Gasteiger partial charge in [0.15, 0.2) is 0 Å². The lowest BCUT2D eigenvalue weighted by atomic mass is 9.88. The number of rotatable bonds is 8. The first-order valence-corrected chi connectivity index (χ1v) is 10.8. The van der Waals surface area contributed by atoms with Crippen molar-refractivity contribution in [1.29, 1.82) is 0 Å². The Morgan fingerprint density at radius 1 is 1.19 bits per heavy atom. The van der Waals surface area contributed by atoms with Gasteiger partial charge in [0.2, 0.25) is 0 Å². The van der Waals surface area contributed by atoms with E-state index in [1.54, 1.807) is 18.2 Å². The number of hydrogen-bond donors (Lipinski definition) is 1. The SMILES string of the molecule is CCN(CCOC(=O)c1ccccc1C1=NC(=O)C(C)(C(C)C)N1)c1ccc(Cl)cc1. The minimum Gasteiger partial charge on any atom is -0.460 e.